The summed E-state index contributed by atoms with van der Waals surface area (Å²) < 4.78 is 23.3. The van der Waals surface area contributed by atoms with Crippen LogP contribution >= 0.6 is 0 Å². The fourth-order valence-corrected chi connectivity index (χ4v) is 0. The predicted molar refractivity (Wildman–Crippen MR) is 10.4 cm³/mol. The zero-order chi connectivity index (χ0) is 7.58. The van der Waals surface area contributed by atoms with Gasteiger partial charge in [-0.3, -0.25) is 0 Å². The Labute approximate surface area is 50.7 Å². The molecule has 0 rings (SSSR count). The van der Waals surface area contributed by atoms with Crippen LogP contribution < -0.4 is 10.5 Å². The van der Waals surface area contributed by atoms with E-state index in [1.807, 2.05) is 0 Å². The van der Waals surface area contributed by atoms with E-state index in [1.54, 1.807) is 0 Å². The fourth-order valence-electron chi connectivity index (χ4n) is 0. The zero-order valence-corrected chi connectivity index (χ0v) is 6.36. The number of rotatable bonds is 0. The molecule has 4 N–H and O–H groups in total. The summed E-state index contributed by atoms with van der Waals surface area (Å²) in [5.41, 5.74) is 0. The molecule has 0 amide bonds. The van der Waals surface area contributed by atoms with Gasteiger partial charge >= 0.3 is 29.0 Å². The first-order valence-corrected chi connectivity index (χ1v) is 4.72. The topological polar surface area (TPSA) is 144 Å². The van der Waals surface area contributed by atoms with E-state index in [4.69, 9.17) is 31.9 Å². The molecule has 0 aromatic carbocycles. The molecule has 0 heterocycles. The molecule has 0 saturated carbocycles. The van der Waals surface area contributed by atoms with Crippen molar-refractivity contribution >= 4 is 0 Å². The second-order valence-corrected chi connectivity index (χ2v) is 1.89. The second kappa shape index (κ2) is 26.8. The van der Waals surface area contributed by atoms with Gasteiger partial charge in [-0.2, -0.15) is 0 Å². The Kier molecular flexibility index (Phi) is 52.7. The van der Waals surface area contributed by atoms with E-state index in [0.29, 0.717) is 0 Å². The van der Waals surface area contributed by atoms with Gasteiger partial charge in [-0.15, -0.1) is 0 Å². The predicted octanol–water partition coefficient (Wildman–Crippen LogP) is -3.60. The third-order valence-electron chi connectivity index (χ3n) is 0. The molecule has 7 nitrogen and oxygen atoms in total. The first kappa shape index (κ1) is 15.7. The van der Waals surface area contributed by atoms with Gasteiger partial charge in [0.25, 0.3) is 0 Å². The zero-order valence-electron chi connectivity index (χ0n) is 3.42. The van der Waals surface area contributed by atoms with Crippen molar-refractivity contribution in [3.63, 3.8) is 0 Å². The Bertz CT molecular complexity index is 27.4. The second-order valence-electron chi connectivity index (χ2n) is 0.231. The third-order valence-corrected chi connectivity index (χ3v) is 0. The molecule has 0 aromatic rings. The molecule has 0 radical (unpaired) electrons. The Morgan fingerprint density at radius 3 is 1.00 bits per heavy atom. The summed E-state index contributed by atoms with van der Waals surface area (Å²) in [6.45, 7) is 0. The summed E-state index contributed by atoms with van der Waals surface area (Å²) in [6.07, 6.45) is 0. The molecular formula is H4O7W-2. The standard InChI is InChI=1S/2H2O2.2H2O.O.W/c2*1-2;;;;/h2*1-2H;2*1H2;;/q;;;;;+2/p-4. The number of hydrogen-bond acceptors (Lipinski definition) is 5. The molecule has 0 aromatic heterocycles. The van der Waals surface area contributed by atoms with Gasteiger partial charge in [0.2, 0.25) is 0 Å². The monoisotopic (exact) mass is 300 g/mol. The average molecular weight is 300 g/mol. The van der Waals surface area contributed by atoms with E-state index < -0.39 is 18.0 Å². The van der Waals surface area contributed by atoms with E-state index in [1.165, 1.54) is 0 Å². The Balaban J connectivity index is -0.0000000542. The SMILES string of the molecule is [O-]O.[O-]O.[O]=[W]([OH])[OH]. The van der Waals surface area contributed by atoms with E-state index in [2.05, 4.69) is 0 Å². The van der Waals surface area contributed by atoms with Crippen molar-refractivity contribution in [3.8, 4) is 0 Å². The summed E-state index contributed by atoms with van der Waals surface area (Å²) in [5.74, 6) is 0. The fraction of sp³-hybridized carbons (Fsp3) is 0. The van der Waals surface area contributed by atoms with Crippen molar-refractivity contribution in [2.75, 3.05) is 0 Å². The molecular weight excluding hydrogens is 296 g/mol. The molecule has 8 heavy (non-hydrogen) atoms. The van der Waals surface area contributed by atoms with Crippen molar-refractivity contribution in [2.45, 2.75) is 0 Å². The summed E-state index contributed by atoms with van der Waals surface area (Å²) in [6, 6.07) is 0. The minimum atomic E-state index is -3.78. The molecule has 0 aliphatic carbocycles. The van der Waals surface area contributed by atoms with Crippen molar-refractivity contribution in [1.82, 2.24) is 0 Å². The molecule has 0 bridgehead atoms. The maximum atomic E-state index is 8.83. The van der Waals surface area contributed by atoms with Crippen LogP contribution in [0.3, 0.4) is 0 Å². The van der Waals surface area contributed by atoms with Crippen LogP contribution in [0.4, 0.5) is 0 Å². The van der Waals surface area contributed by atoms with Crippen molar-refractivity contribution in [1.29, 1.82) is 0 Å². The molecule has 0 aliphatic rings. The maximum absolute atomic E-state index is 8.83. The van der Waals surface area contributed by atoms with Crippen LogP contribution in [0.15, 0.2) is 0 Å². The van der Waals surface area contributed by atoms with Gasteiger partial charge in [0.1, 0.15) is 0 Å². The van der Waals surface area contributed by atoms with Gasteiger partial charge in [-0.25, -0.2) is 0 Å². The van der Waals surface area contributed by atoms with Gasteiger partial charge in [0, 0.05) is 0 Å². The van der Waals surface area contributed by atoms with Crippen LogP contribution in [0.25, 0.3) is 0 Å². The van der Waals surface area contributed by atoms with Gasteiger partial charge in [-0.05, 0) is 0 Å². The first-order valence-electron chi connectivity index (χ1n) is 0.897. The van der Waals surface area contributed by atoms with Crippen molar-refractivity contribution < 1.29 is 50.0 Å². The van der Waals surface area contributed by atoms with Crippen LogP contribution in [0.1, 0.15) is 0 Å². The first-order chi connectivity index (χ1) is 3.73. The summed E-state index contributed by atoms with van der Waals surface area (Å²) in [4.78, 5) is 0. The average Bonchev–Trinajstić information content (AvgIpc) is 1.75. The molecule has 54 valence electrons. The normalized spacial score (nSPS) is 5.88. The quantitative estimate of drug-likeness (QED) is 0.267. The van der Waals surface area contributed by atoms with E-state index in [9.17, 15) is 0 Å². The molecule has 0 spiro atoms. The Morgan fingerprint density at radius 2 is 1.00 bits per heavy atom. The van der Waals surface area contributed by atoms with Gasteiger partial charge in [0.05, 0.1) is 0 Å². The molecule has 0 saturated heterocycles. The molecule has 0 aliphatic heterocycles. The van der Waals surface area contributed by atoms with Crippen molar-refractivity contribution in [3.05, 3.63) is 0 Å². The van der Waals surface area contributed by atoms with Crippen LogP contribution in [0.2, 0.25) is 0 Å². The third kappa shape index (κ3) is 2790. The van der Waals surface area contributed by atoms with Gasteiger partial charge in [-0.1, -0.05) is 0 Å². The molecule has 0 unspecified atom stereocenters. The van der Waals surface area contributed by atoms with E-state index >= 15 is 0 Å². The Hall–Kier alpha value is 0.248. The molecule has 0 fully saturated rings. The Morgan fingerprint density at radius 1 is 1.00 bits per heavy atom. The summed E-state index contributed by atoms with van der Waals surface area (Å²) in [5, 5.41) is 26.0. The van der Waals surface area contributed by atoms with Crippen LogP contribution in [-0.4, -0.2) is 18.0 Å². The van der Waals surface area contributed by atoms with Crippen molar-refractivity contribution in [2.24, 2.45) is 0 Å². The number of hydrogen-bond donors (Lipinski definition) is 4. The molecule has 0 atom stereocenters. The van der Waals surface area contributed by atoms with E-state index in [0.717, 1.165) is 0 Å². The minimum absolute atomic E-state index is 3.78. The van der Waals surface area contributed by atoms with Crippen LogP contribution in [0, 0.1) is 0 Å². The summed E-state index contributed by atoms with van der Waals surface area (Å²) in [7, 11) is 0. The van der Waals surface area contributed by atoms with Gasteiger partial charge < -0.3 is 21.0 Å². The molecule has 8 heteroatoms. The van der Waals surface area contributed by atoms with Crippen LogP contribution in [0.5, 0.6) is 0 Å². The van der Waals surface area contributed by atoms with Gasteiger partial charge in [0.15, 0.2) is 0 Å². The van der Waals surface area contributed by atoms with Crippen LogP contribution in [-0.2, 0) is 21.4 Å². The van der Waals surface area contributed by atoms with E-state index in [-0.39, 0.29) is 0 Å². The summed E-state index contributed by atoms with van der Waals surface area (Å²) >= 11 is -3.78.